The van der Waals surface area contributed by atoms with Gasteiger partial charge in [-0.3, -0.25) is 9.59 Å². The summed E-state index contributed by atoms with van der Waals surface area (Å²) in [5.74, 6) is -0.0986. The number of esters is 2. The zero-order valence-electron chi connectivity index (χ0n) is 14.5. The molecular formula is C17H24F4O4. The van der Waals surface area contributed by atoms with Crippen LogP contribution in [0.1, 0.15) is 58.8 Å². The van der Waals surface area contributed by atoms with Crippen LogP contribution in [0.15, 0.2) is 0 Å². The molecule has 0 amide bonds. The Bertz CT molecular complexity index is 469. The normalized spacial score (nSPS) is 12.3. The second kappa shape index (κ2) is 12.6. The fourth-order valence-electron chi connectivity index (χ4n) is 1.60. The summed E-state index contributed by atoms with van der Waals surface area (Å²) in [5, 5.41) is 0. The summed E-state index contributed by atoms with van der Waals surface area (Å²) >= 11 is 0. The molecule has 144 valence electrons. The number of hydrogen-bond donors (Lipinski definition) is 0. The standard InChI is InChI=1S/C17H24F4O4/c1-3-5-6-7-9-13(4-2)25-15(23)11-8-10-14(22)24-12-17(20,21)16(18)19/h13,16H,3-5,8-12H2,1-2H3. The second-order valence-corrected chi connectivity index (χ2v) is 5.40. The highest BCUT2D eigenvalue weighted by atomic mass is 19.3. The first-order chi connectivity index (χ1) is 11.7. The second-order valence-electron chi connectivity index (χ2n) is 5.40. The van der Waals surface area contributed by atoms with E-state index in [1.807, 2.05) is 13.8 Å². The van der Waals surface area contributed by atoms with Crippen LogP contribution in [0.2, 0.25) is 0 Å². The van der Waals surface area contributed by atoms with E-state index in [9.17, 15) is 27.2 Å². The average Bonchev–Trinajstić information content (AvgIpc) is 2.55. The quantitative estimate of drug-likeness (QED) is 0.313. The molecule has 8 heteroatoms. The van der Waals surface area contributed by atoms with Crippen molar-refractivity contribution in [2.24, 2.45) is 0 Å². The summed E-state index contributed by atoms with van der Waals surface area (Å²) in [5.41, 5.74) is 0. The summed E-state index contributed by atoms with van der Waals surface area (Å²) in [4.78, 5) is 22.9. The van der Waals surface area contributed by atoms with Crippen LogP contribution < -0.4 is 0 Å². The van der Waals surface area contributed by atoms with Gasteiger partial charge >= 0.3 is 24.3 Å². The van der Waals surface area contributed by atoms with Crippen molar-refractivity contribution in [2.75, 3.05) is 6.61 Å². The third-order valence-corrected chi connectivity index (χ3v) is 3.09. The summed E-state index contributed by atoms with van der Waals surface area (Å²) in [6.07, 6.45) is -1.91. The Morgan fingerprint density at radius 3 is 2.28 bits per heavy atom. The highest BCUT2D eigenvalue weighted by Gasteiger charge is 2.42. The van der Waals surface area contributed by atoms with E-state index in [2.05, 4.69) is 16.6 Å². The third kappa shape index (κ3) is 11.4. The minimum atomic E-state index is -4.37. The van der Waals surface area contributed by atoms with E-state index >= 15 is 0 Å². The van der Waals surface area contributed by atoms with Crippen molar-refractivity contribution < 1.29 is 36.6 Å². The fourth-order valence-corrected chi connectivity index (χ4v) is 1.60. The van der Waals surface area contributed by atoms with Gasteiger partial charge in [0.05, 0.1) is 0 Å². The zero-order chi connectivity index (χ0) is 19.3. The number of unbranched alkanes of at least 4 members (excludes halogenated alkanes) is 1. The van der Waals surface area contributed by atoms with Gasteiger partial charge in [-0.25, -0.2) is 8.78 Å². The Kier molecular flexibility index (Phi) is 11.7. The van der Waals surface area contributed by atoms with Gasteiger partial charge in [0.2, 0.25) is 0 Å². The maximum Gasteiger partial charge on any atom is 0.340 e. The van der Waals surface area contributed by atoms with Crippen LogP contribution in [0.5, 0.6) is 0 Å². The molecule has 4 nitrogen and oxygen atoms in total. The molecule has 1 atom stereocenters. The molecule has 0 radical (unpaired) electrons. The number of hydrogen-bond acceptors (Lipinski definition) is 4. The molecule has 0 aliphatic heterocycles. The zero-order valence-corrected chi connectivity index (χ0v) is 14.5. The summed E-state index contributed by atoms with van der Waals surface area (Å²) in [6.45, 7) is 2.17. The predicted octanol–water partition coefficient (Wildman–Crippen LogP) is 4.12. The van der Waals surface area contributed by atoms with Crippen molar-refractivity contribution in [1.82, 2.24) is 0 Å². The lowest BCUT2D eigenvalue weighted by Crippen LogP contribution is -2.33. The molecule has 0 aromatic heterocycles. The Labute approximate surface area is 145 Å². The number of carbonyl (C=O) groups excluding carboxylic acids is 2. The smallest absolute Gasteiger partial charge is 0.340 e. The van der Waals surface area contributed by atoms with Gasteiger partial charge in [0, 0.05) is 25.7 Å². The molecule has 0 rings (SSSR count). The van der Waals surface area contributed by atoms with Crippen LogP contribution in [0.3, 0.4) is 0 Å². The summed E-state index contributed by atoms with van der Waals surface area (Å²) in [6, 6.07) is 0. The largest absolute Gasteiger partial charge is 0.461 e. The van der Waals surface area contributed by atoms with Crippen LogP contribution in [-0.4, -0.2) is 37.0 Å². The minimum absolute atomic E-state index is 0.0237. The van der Waals surface area contributed by atoms with Crippen LogP contribution in [0.4, 0.5) is 17.6 Å². The van der Waals surface area contributed by atoms with Gasteiger partial charge < -0.3 is 9.47 Å². The minimum Gasteiger partial charge on any atom is -0.461 e. The molecule has 0 saturated heterocycles. The molecule has 0 bridgehead atoms. The summed E-state index contributed by atoms with van der Waals surface area (Å²) in [7, 11) is 0. The van der Waals surface area contributed by atoms with Crippen molar-refractivity contribution in [2.45, 2.75) is 77.2 Å². The van der Waals surface area contributed by atoms with Crippen molar-refractivity contribution >= 4 is 11.9 Å². The summed E-state index contributed by atoms with van der Waals surface area (Å²) < 4.78 is 58.2. The van der Waals surface area contributed by atoms with Crippen molar-refractivity contribution in [1.29, 1.82) is 0 Å². The van der Waals surface area contributed by atoms with Crippen LogP contribution in [-0.2, 0) is 19.1 Å². The molecule has 1 unspecified atom stereocenters. The van der Waals surface area contributed by atoms with Crippen molar-refractivity contribution in [3.05, 3.63) is 0 Å². The Morgan fingerprint density at radius 2 is 1.72 bits per heavy atom. The van der Waals surface area contributed by atoms with Crippen molar-refractivity contribution in [3.63, 3.8) is 0 Å². The Balaban J connectivity index is 4.02. The maximum absolute atomic E-state index is 12.6. The highest BCUT2D eigenvalue weighted by Crippen LogP contribution is 2.23. The number of alkyl halides is 4. The molecular weight excluding hydrogens is 344 g/mol. The molecule has 0 aliphatic rings. The topological polar surface area (TPSA) is 52.6 Å². The molecule has 0 aromatic carbocycles. The van der Waals surface area contributed by atoms with E-state index in [1.54, 1.807) is 0 Å². The first-order valence-electron chi connectivity index (χ1n) is 8.19. The van der Waals surface area contributed by atoms with Gasteiger partial charge in [-0.1, -0.05) is 19.8 Å². The van der Waals surface area contributed by atoms with Gasteiger partial charge in [0.15, 0.2) is 6.61 Å². The van der Waals surface area contributed by atoms with E-state index in [-0.39, 0.29) is 25.4 Å². The molecule has 0 aliphatic carbocycles. The molecule has 0 heterocycles. The SMILES string of the molecule is CCCC#CCC(CC)OC(=O)CCCC(=O)OCC(F)(F)C(F)F. The van der Waals surface area contributed by atoms with E-state index < -0.39 is 30.9 Å². The van der Waals surface area contributed by atoms with Crippen molar-refractivity contribution in [3.8, 4) is 11.8 Å². The maximum atomic E-state index is 12.6. The van der Waals surface area contributed by atoms with E-state index in [4.69, 9.17) is 4.74 Å². The van der Waals surface area contributed by atoms with Crippen LogP contribution in [0, 0.1) is 11.8 Å². The lowest BCUT2D eigenvalue weighted by atomic mass is 10.2. The first-order valence-corrected chi connectivity index (χ1v) is 8.19. The fraction of sp³-hybridized carbons (Fsp3) is 0.765. The number of carbonyl (C=O) groups is 2. The molecule has 0 fully saturated rings. The van der Waals surface area contributed by atoms with Gasteiger partial charge in [-0.2, -0.15) is 8.78 Å². The Hall–Kier alpha value is -1.78. The van der Waals surface area contributed by atoms with Gasteiger partial charge in [-0.05, 0) is 19.3 Å². The lowest BCUT2D eigenvalue weighted by molar-refractivity contribution is -0.179. The average molecular weight is 368 g/mol. The van der Waals surface area contributed by atoms with Crippen LogP contribution >= 0.6 is 0 Å². The predicted molar refractivity (Wildman–Crippen MR) is 83.2 cm³/mol. The lowest BCUT2D eigenvalue weighted by Gasteiger charge is -2.15. The molecule has 0 N–H and O–H groups in total. The molecule has 0 spiro atoms. The third-order valence-electron chi connectivity index (χ3n) is 3.09. The molecule has 25 heavy (non-hydrogen) atoms. The molecule has 0 aromatic rings. The number of ether oxygens (including phenoxy) is 2. The molecule has 0 saturated carbocycles. The van der Waals surface area contributed by atoms with Crippen LogP contribution in [0.25, 0.3) is 0 Å². The first kappa shape index (κ1) is 23.2. The van der Waals surface area contributed by atoms with Gasteiger partial charge in [-0.15, -0.1) is 5.92 Å². The van der Waals surface area contributed by atoms with E-state index in [1.165, 1.54) is 0 Å². The van der Waals surface area contributed by atoms with E-state index in [0.29, 0.717) is 12.8 Å². The number of rotatable bonds is 11. The number of halogens is 4. The van der Waals surface area contributed by atoms with Gasteiger partial charge in [0.1, 0.15) is 6.10 Å². The monoisotopic (exact) mass is 368 g/mol. The highest BCUT2D eigenvalue weighted by molar-refractivity contribution is 5.72. The van der Waals surface area contributed by atoms with Gasteiger partial charge in [0.25, 0.3) is 0 Å². The Morgan fingerprint density at radius 1 is 1.08 bits per heavy atom. The van der Waals surface area contributed by atoms with E-state index in [0.717, 1.165) is 12.8 Å².